The molecule has 1 aromatic carbocycles. The van der Waals surface area contributed by atoms with Gasteiger partial charge >= 0.3 is 0 Å². The van der Waals surface area contributed by atoms with Gasteiger partial charge in [-0.1, -0.05) is 18.2 Å². The van der Waals surface area contributed by atoms with E-state index < -0.39 is 0 Å². The van der Waals surface area contributed by atoms with E-state index in [1.165, 1.54) is 16.7 Å². The summed E-state index contributed by atoms with van der Waals surface area (Å²) in [7, 11) is 0. The predicted octanol–water partition coefficient (Wildman–Crippen LogP) is 2.73. The largest absolute Gasteiger partial charge is 0.491 e. The summed E-state index contributed by atoms with van der Waals surface area (Å²) in [6, 6.07) is 4.23. The van der Waals surface area contributed by atoms with Crippen molar-refractivity contribution in [3.05, 3.63) is 34.9 Å². The molecular weight excluding hydrogens is 200 g/mol. The molecule has 3 rings (SSSR count). The maximum absolute atomic E-state index is 5.78. The van der Waals surface area contributed by atoms with E-state index in [-0.39, 0.29) is 0 Å². The van der Waals surface area contributed by atoms with Crippen LogP contribution in [0.3, 0.4) is 0 Å². The Morgan fingerprint density at radius 1 is 1.44 bits per heavy atom. The number of hydrogen-bond acceptors (Lipinski definition) is 2. The van der Waals surface area contributed by atoms with Gasteiger partial charge in [-0.2, -0.15) is 0 Å². The van der Waals surface area contributed by atoms with E-state index in [9.17, 15) is 0 Å². The molecule has 2 nitrogen and oxygen atoms in total. The number of ether oxygens (including phenoxy) is 2. The Balaban J connectivity index is 1.85. The summed E-state index contributed by atoms with van der Waals surface area (Å²) in [5.74, 6) is 1.02. The third kappa shape index (κ3) is 1.85. The zero-order valence-corrected chi connectivity index (χ0v) is 9.53. The van der Waals surface area contributed by atoms with Crippen molar-refractivity contribution in [1.82, 2.24) is 0 Å². The summed E-state index contributed by atoms with van der Waals surface area (Å²) in [6.45, 7) is 3.70. The van der Waals surface area contributed by atoms with E-state index in [0.717, 1.165) is 25.2 Å². The van der Waals surface area contributed by atoms with Crippen molar-refractivity contribution in [2.75, 3.05) is 13.2 Å². The summed E-state index contributed by atoms with van der Waals surface area (Å²) in [5.41, 5.74) is 4.08. The van der Waals surface area contributed by atoms with Crippen molar-refractivity contribution in [2.24, 2.45) is 0 Å². The summed E-state index contributed by atoms with van der Waals surface area (Å²) < 4.78 is 10.9. The molecule has 1 unspecified atom stereocenters. The number of fused-ring (bicyclic) bond motifs is 1. The van der Waals surface area contributed by atoms with Crippen LogP contribution in [-0.2, 0) is 11.2 Å². The molecule has 1 fully saturated rings. The van der Waals surface area contributed by atoms with Crippen LogP contribution in [0.25, 0.3) is 6.08 Å². The fourth-order valence-electron chi connectivity index (χ4n) is 2.19. The highest BCUT2D eigenvalue weighted by Crippen LogP contribution is 2.29. The average Bonchev–Trinajstić information content (AvgIpc) is 3.13. The summed E-state index contributed by atoms with van der Waals surface area (Å²) in [5, 5.41) is 0. The Morgan fingerprint density at radius 3 is 3.12 bits per heavy atom. The van der Waals surface area contributed by atoms with Crippen molar-refractivity contribution in [1.29, 1.82) is 0 Å². The van der Waals surface area contributed by atoms with E-state index in [0.29, 0.717) is 12.7 Å². The van der Waals surface area contributed by atoms with Gasteiger partial charge in [-0.25, -0.2) is 0 Å². The molecule has 1 aliphatic heterocycles. The molecule has 84 valence electrons. The molecule has 0 amide bonds. The Bertz CT molecular complexity index is 431. The van der Waals surface area contributed by atoms with Crippen LogP contribution in [0.4, 0.5) is 0 Å². The number of allylic oxidation sites excluding steroid dienone is 1. The van der Waals surface area contributed by atoms with Crippen LogP contribution in [0.15, 0.2) is 18.2 Å². The van der Waals surface area contributed by atoms with Crippen LogP contribution in [0.2, 0.25) is 0 Å². The second kappa shape index (κ2) is 3.95. The molecule has 0 saturated carbocycles. The minimum atomic E-state index is 0.329. The lowest BCUT2D eigenvalue weighted by Gasteiger charge is -2.17. The monoisotopic (exact) mass is 216 g/mol. The third-order valence-electron chi connectivity index (χ3n) is 3.27. The van der Waals surface area contributed by atoms with Gasteiger partial charge in [0.15, 0.2) is 0 Å². The minimum absolute atomic E-state index is 0.329. The predicted molar refractivity (Wildman–Crippen MR) is 63.8 cm³/mol. The van der Waals surface area contributed by atoms with Gasteiger partial charge in [0.25, 0.3) is 0 Å². The van der Waals surface area contributed by atoms with Crippen LogP contribution in [-0.4, -0.2) is 19.3 Å². The van der Waals surface area contributed by atoms with Crippen molar-refractivity contribution < 1.29 is 9.47 Å². The summed E-state index contributed by atoms with van der Waals surface area (Å²) in [6.07, 6.45) is 7.05. The smallest absolute Gasteiger partial charge is 0.122 e. The molecule has 0 aromatic heterocycles. The van der Waals surface area contributed by atoms with Gasteiger partial charge in [-0.3, -0.25) is 0 Å². The molecule has 1 saturated heterocycles. The number of epoxide rings is 1. The van der Waals surface area contributed by atoms with Crippen molar-refractivity contribution >= 4 is 6.08 Å². The highest BCUT2D eigenvalue weighted by Gasteiger charge is 2.23. The summed E-state index contributed by atoms with van der Waals surface area (Å²) >= 11 is 0. The minimum Gasteiger partial charge on any atom is -0.491 e. The normalized spacial score (nSPS) is 21.7. The lowest BCUT2D eigenvalue weighted by Crippen LogP contribution is -2.07. The molecule has 0 N–H and O–H groups in total. The maximum atomic E-state index is 5.78. The Morgan fingerprint density at radius 2 is 2.31 bits per heavy atom. The van der Waals surface area contributed by atoms with Crippen molar-refractivity contribution in [3.63, 3.8) is 0 Å². The van der Waals surface area contributed by atoms with Gasteiger partial charge in [0.05, 0.1) is 6.61 Å². The Hall–Kier alpha value is -1.28. The van der Waals surface area contributed by atoms with Crippen LogP contribution < -0.4 is 4.74 Å². The molecule has 0 bridgehead atoms. The van der Waals surface area contributed by atoms with Gasteiger partial charge in [0, 0.05) is 0 Å². The lowest BCUT2D eigenvalue weighted by atomic mass is 9.93. The molecule has 1 heterocycles. The average molecular weight is 216 g/mol. The first-order valence-electron chi connectivity index (χ1n) is 5.88. The van der Waals surface area contributed by atoms with Gasteiger partial charge in [0.1, 0.15) is 18.5 Å². The van der Waals surface area contributed by atoms with Crippen LogP contribution in [0, 0.1) is 6.92 Å². The summed E-state index contributed by atoms with van der Waals surface area (Å²) in [4.78, 5) is 0. The first-order chi connectivity index (χ1) is 7.84. The van der Waals surface area contributed by atoms with Crippen LogP contribution >= 0.6 is 0 Å². The molecule has 1 atom stereocenters. The van der Waals surface area contributed by atoms with Crippen molar-refractivity contribution in [3.8, 4) is 5.75 Å². The van der Waals surface area contributed by atoms with Crippen LogP contribution in [0.1, 0.15) is 23.1 Å². The Labute approximate surface area is 95.9 Å². The molecule has 1 aromatic rings. The lowest BCUT2D eigenvalue weighted by molar-refractivity contribution is 0.261. The van der Waals surface area contributed by atoms with Gasteiger partial charge in [-0.05, 0) is 42.5 Å². The molecule has 16 heavy (non-hydrogen) atoms. The zero-order chi connectivity index (χ0) is 11.0. The quantitative estimate of drug-likeness (QED) is 0.725. The molecule has 2 heteroatoms. The molecular formula is C14H16O2. The fraction of sp³-hybridized carbons (Fsp3) is 0.429. The van der Waals surface area contributed by atoms with E-state index in [4.69, 9.17) is 9.47 Å². The van der Waals surface area contributed by atoms with E-state index in [2.05, 4.69) is 31.2 Å². The van der Waals surface area contributed by atoms with Crippen LogP contribution in [0.5, 0.6) is 5.75 Å². The van der Waals surface area contributed by atoms with E-state index in [1.54, 1.807) is 0 Å². The van der Waals surface area contributed by atoms with E-state index in [1.807, 2.05) is 0 Å². The topological polar surface area (TPSA) is 21.8 Å². The first kappa shape index (κ1) is 9.91. The van der Waals surface area contributed by atoms with Crippen molar-refractivity contribution in [2.45, 2.75) is 25.9 Å². The Kier molecular flexibility index (Phi) is 2.44. The van der Waals surface area contributed by atoms with Gasteiger partial charge in [0.2, 0.25) is 0 Å². The maximum Gasteiger partial charge on any atom is 0.122 e. The van der Waals surface area contributed by atoms with Gasteiger partial charge < -0.3 is 9.47 Å². The first-order valence-corrected chi connectivity index (χ1v) is 5.88. The number of benzene rings is 1. The standard InChI is InChI=1S/C14H16O2/c1-10-13-5-3-2-4-11(13)6-7-14(10)16-9-12-8-15-12/h2,4,6-7,12H,3,5,8-9H2,1H3. The second-order valence-corrected chi connectivity index (χ2v) is 4.46. The number of rotatable bonds is 3. The highest BCUT2D eigenvalue weighted by molar-refractivity contribution is 5.61. The molecule has 0 radical (unpaired) electrons. The van der Waals surface area contributed by atoms with E-state index >= 15 is 0 Å². The molecule has 1 aliphatic carbocycles. The zero-order valence-electron chi connectivity index (χ0n) is 9.53. The molecule has 2 aliphatic rings. The fourth-order valence-corrected chi connectivity index (χ4v) is 2.19. The number of hydrogen-bond donors (Lipinski definition) is 0. The third-order valence-corrected chi connectivity index (χ3v) is 3.27. The second-order valence-electron chi connectivity index (χ2n) is 4.46. The SMILES string of the molecule is Cc1c(OCC2CO2)ccc2c1CCC=C2. The van der Waals surface area contributed by atoms with Gasteiger partial charge in [-0.15, -0.1) is 0 Å². The molecule has 0 spiro atoms. The highest BCUT2D eigenvalue weighted by atomic mass is 16.6.